The topological polar surface area (TPSA) is 75.9 Å². The van der Waals surface area contributed by atoms with Crippen molar-refractivity contribution in [1.82, 2.24) is 14.8 Å². The summed E-state index contributed by atoms with van der Waals surface area (Å²) in [7, 11) is 0. The van der Waals surface area contributed by atoms with E-state index in [0.717, 1.165) is 31.6 Å². The van der Waals surface area contributed by atoms with E-state index in [1.807, 2.05) is 37.4 Å². The fourth-order valence-corrected chi connectivity index (χ4v) is 3.58. The summed E-state index contributed by atoms with van der Waals surface area (Å²) in [6.07, 6.45) is 4.51. The summed E-state index contributed by atoms with van der Waals surface area (Å²) >= 11 is 0. The first kappa shape index (κ1) is 20.1. The number of piperazine rings is 1. The van der Waals surface area contributed by atoms with Crippen molar-refractivity contribution in [3.63, 3.8) is 0 Å². The number of benzene rings is 1. The summed E-state index contributed by atoms with van der Waals surface area (Å²) in [4.78, 5) is 33.6. The van der Waals surface area contributed by atoms with Gasteiger partial charge in [0.2, 0.25) is 0 Å². The monoisotopic (exact) mass is 407 g/mol. The average Bonchev–Trinajstić information content (AvgIpc) is 2.78. The smallest absolute Gasteiger partial charge is 0.349 e. The van der Waals surface area contributed by atoms with E-state index < -0.39 is 5.63 Å². The highest BCUT2D eigenvalue weighted by atomic mass is 16.5. The van der Waals surface area contributed by atoms with Crippen molar-refractivity contribution in [1.29, 1.82) is 0 Å². The number of fused-ring (bicyclic) bond motifs is 1. The number of aromatic nitrogens is 1. The molecule has 2 aromatic heterocycles. The van der Waals surface area contributed by atoms with Crippen LogP contribution < -0.4 is 10.4 Å². The predicted molar refractivity (Wildman–Crippen MR) is 114 cm³/mol. The molecule has 3 heterocycles. The van der Waals surface area contributed by atoms with E-state index in [1.54, 1.807) is 23.2 Å². The van der Waals surface area contributed by atoms with Gasteiger partial charge in [-0.1, -0.05) is 13.0 Å². The maximum absolute atomic E-state index is 13.0. The Morgan fingerprint density at radius 2 is 2.00 bits per heavy atom. The zero-order valence-electron chi connectivity index (χ0n) is 17.0. The number of hydrogen-bond donors (Lipinski definition) is 0. The molecule has 0 radical (unpaired) electrons. The van der Waals surface area contributed by atoms with Crippen LogP contribution >= 0.6 is 0 Å². The van der Waals surface area contributed by atoms with Crippen molar-refractivity contribution in [2.24, 2.45) is 0 Å². The molecule has 0 unspecified atom stereocenters. The summed E-state index contributed by atoms with van der Waals surface area (Å²) < 4.78 is 11.0. The second-order valence-electron chi connectivity index (χ2n) is 7.43. The normalized spacial score (nSPS) is 14.8. The lowest BCUT2D eigenvalue weighted by Crippen LogP contribution is -2.49. The van der Waals surface area contributed by atoms with Gasteiger partial charge in [-0.3, -0.25) is 14.7 Å². The zero-order valence-corrected chi connectivity index (χ0v) is 17.0. The van der Waals surface area contributed by atoms with Gasteiger partial charge in [0.05, 0.1) is 6.61 Å². The standard InChI is InChI=1S/C23H25N3O4/c1-2-12-29-19-6-5-18-13-20(23(28)30-21(18)14-19)22(27)26-10-8-25(9-11-26)16-17-4-3-7-24-15-17/h3-7,13-15H,2,8-12,16H2,1H3. The van der Waals surface area contributed by atoms with Crippen molar-refractivity contribution >= 4 is 16.9 Å². The van der Waals surface area contributed by atoms with Gasteiger partial charge >= 0.3 is 5.63 Å². The molecule has 3 aromatic rings. The van der Waals surface area contributed by atoms with E-state index in [9.17, 15) is 9.59 Å². The van der Waals surface area contributed by atoms with Gasteiger partial charge in [-0.2, -0.15) is 0 Å². The molecule has 7 nitrogen and oxygen atoms in total. The first-order chi connectivity index (χ1) is 14.6. The molecule has 1 fully saturated rings. The van der Waals surface area contributed by atoms with Crippen LogP contribution in [0, 0.1) is 0 Å². The van der Waals surface area contributed by atoms with Gasteiger partial charge in [-0.15, -0.1) is 0 Å². The van der Waals surface area contributed by atoms with Crippen LogP contribution in [0.2, 0.25) is 0 Å². The van der Waals surface area contributed by atoms with Crippen LogP contribution in [0.5, 0.6) is 5.75 Å². The fraction of sp³-hybridized carbons (Fsp3) is 0.348. The van der Waals surface area contributed by atoms with Crippen molar-refractivity contribution in [3.8, 4) is 5.75 Å². The van der Waals surface area contributed by atoms with Crippen LogP contribution in [0.3, 0.4) is 0 Å². The van der Waals surface area contributed by atoms with Crippen molar-refractivity contribution in [2.45, 2.75) is 19.9 Å². The number of nitrogens with zero attached hydrogens (tertiary/aromatic N) is 3. The first-order valence-electron chi connectivity index (χ1n) is 10.3. The molecule has 1 saturated heterocycles. The highest BCUT2D eigenvalue weighted by Gasteiger charge is 2.25. The third-order valence-corrected chi connectivity index (χ3v) is 5.20. The molecule has 7 heteroatoms. The predicted octanol–water partition coefficient (Wildman–Crippen LogP) is 2.93. The minimum atomic E-state index is -0.613. The van der Waals surface area contributed by atoms with Gasteiger partial charge in [0.1, 0.15) is 16.9 Å². The summed E-state index contributed by atoms with van der Waals surface area (Å²) in [6.45, 7) is 6.06. The molecule has 0 aliphatic carbocycles. The largest absolute Gasteiger partial charge is 0.493 e. The molecule has 1 aliphatic heterocycles. The molecule has 30 heavy (non-hydrogen) atoms. The molecule has 1 amide bonds. The minimum absolute atomic E-state index is 0.0745. The fourth-order valence-electron chi connectivity index (χ4n) is 3.58. The third kappa shape index (κ3) is 4.52. The molecular weight excluding hydrogens is 382 g/mol. The number of ether oxygens (including phenoxy) is 1. The highest BCUT2D eigenvalue weighted by molar-refractivity contribution is 5.96. The molecule has 156 valence electrons. The van der Waals surface area contributed by atoms with Crippen LogP contribution in [-0.2, 0) is 6.54 Å². The van der Waals surface area contributed by atoms with E-state index in [0.29, 0.717) is 36.4 Å². The minimum Gasteiger partial charge on any atom is -0.493 e. The maximum Gasteiger partial charge on any atom is 0.349 e. The van der Waals surface area contributed by atoms with E-state index >= 15 is 0 Å². The van der Waals surface area contributed by atoms with Gasteiger partial charge in [-0.25, -0.2) is 4.79 Å². The molecule has 0 N–H and O–H groups in total. The van der Waals surface area contributed by atoms with Crippen LogP contribution in [0.25, 0.3) is 11.0 Å². The summed E-state index contributed by atoms with van der Waals surface area (Å²) in [5, 5.41) is 0.706. The second-order valence-corrected chi connectivity index (χ2v) is 7.43. The second kappa shape index (κ2) is 9.09. The van der Waals surface area contributed by atoms with E-state index in [2.05, 4.69) is 9.88 Å². The first-order valence-corrected chi connectivity index (χ1v) is 10.3. The Hall–Kier alpha value is -3.19. The van der Waals surface area contributed by atoms with E-state index in [4.69, 9.17) is 9.15 Å². The van der Waals surface area contributed by atoms with Crippen LogP contribution in [0.1, 0.15) is 29.3 Å². The number of carbonyl (C=O) groups is 1. The van der Waals surface area contributed by atoms with Crippen LogP contribution in [0.15, 0.2) is 58.0 Å². The van der Waals surface area contributed by atoms with E-state index in [-0.39, 0.29) is 11.5 Å². The number of hydrogen-bond acceptors (Lipinski definition) is 6. The molecule has 0 atom stereocenters. The van der Waals surface area contributed by atoms with Crippen LogP contribution in [-0.4, -0.2) is 53.5 Å². The Bertz CT molecular complexity index is 1070. The Kier molecular flexibility index (Phi) is 6.09. The number of carbonyl (C=O) groups excluding carboxylic acids is 1. The Morgan fingerprint density at radius 3 is 2.73 bits per heavy atom. The number of rotatable bonds is 6. The lowest BCUT2D eigenvalue weighted by Gasteiger charge is -2.34. The number of pyridine rings is 1. The van der Waals surface area contributed by atoms with Crippen molar-refractivity contribution < 1.29 is 13.9 Å². The number of amides is 1. The third-order valence-electron chi connectivity index (χ3n) is 5.20. The molecule has 1 aliphatic rings. The Balaban J connectivity index is 1.44. The van der Waals surface area contributed by atoms with Gasteiger partial charge in [0.25, 0.3) is 5.91 Å². The lowest BCUT2D eigenvalue weighted by molar-refractivity contribution is 0.0624. The maximum atomic E-state index is 13.0. The SMILES string of the molecule is CCCOc1ccc2cc(C(=O)N3CCN(Cc4cccnc4)CC3)c(=O)oc2c1. The van der Waals surface area contributed by atoms with E-state index in [1.165, 1.54) is 0 Å². The van der Waals surface area contributed by atoms with Crippen molar-refractivity contribution in [3.05, 3.63) is 70.3 Å². The molecule has 1 aromatic carbocycles. The van der Waals surface area contributed by atoms with Gasteiger partial charge in [0, 0.05) is 56.6 Å². The lowest BCUT2D eigenvalue weighted by atomic mass is 10.1. The average molecular weight is 407 g/mol. The summed E-state index contributed by atoms with van der Waals surface area (Å²) in [5.41, 5.74) is 1.03. The molecule has 0 saturated carbocycles. The molecular formula is C23H25N3O4. The van der Waals surface area contributed by atoms with Gasteiger partial charge < -0.3 is 14.1 Å². The summed E-state index contributed by atoms with van der Waals surface area (Å²) in [5.74, 6) is 0.370. The zero-order chi connectivity index (χ0) is 20.9. The Labute approximate surface area is 174 Å². The molecule has 0 bridgehead atoms. The molecule has 0 spiro atoms. The van der Waals surface area contributed by atoms with Gasteiger partial charge in [0.15, 0.2) is 0 Å². The Morgan fingerprint density at radius 1 is 1.17 bits per heavy atom. The highest BCUT2D eigenvalue weighted by Crippen LogP contribution is 2.21. The van der Waals surface area contributed by atoms with Gasteiger partial charge in [-0.05, 0) is 36.2 Å². The quantitative estimate of drug-likeness (QED) is 0.585. The molecule has 4 rings (SSSR count). The summed E-state index contributed by atoms with van der Waals surface area (Å²) in [6, 6.07) is 10.9. The van der Waals surface area contributed by atoms with Crippen LogP contribution in [0.4, 0.5) is 0 Å². The van der Waals surface area contributed by atoms with Crippen molar-refractivity contribution in [2.75, 3.05) is 32.8 Å².